The Kier molecular flexibility index (Phi) is 6.26. The Morgan fingerprint density at radius 2 is 1.71 bits per heavy atom. The van der Waals surface area contributed by atoms with E-state index in [1.165, 1.54) is 10.4 Å². The first kappa shape index (κ1) is 19.8. The quantitative estimate of drug-likeness (QED) is 0.571. The van der Waals surface area contributed by atoms with Crippen molar-refractivity contribution in [2.45, 2.75) is 30.6 Å². The fourth-order valence-corrected chi connectivity index (χ4v) is 4.50. The number of amides is 1. The predicted octanol–water partition coefficient (Wildman–Crippen LogP) is 3.73. The largest absolute Gasteiger partial charge is 0.271 e. The number of carbonyl (C=O) groups is 1. The summed E-state index contributed by atoms with van der Waals surface area (Å²) in [6, 6.07) is 14.6. The number of hydrazone groups is 1. The number of nitrogens with one attached hydrogen (secondary N) is 1. The third-order valence-corrected chi connectivity index (χ3v) is 6.35. The van der Waals surface area contributed by atoms with Gasteiger partial charge < -0.3 is 0 Å². The Hall–Kier alpha value is -2.93. The van der Waals surface area contributed by atoms with Gasteiger partial charge in [0.2, 0.25) is 0 Å². The Morgan fingerprint density at radius 3 is 2.32 bits per heavy atom. The molecule has 0 unspecified atom stereocenters. The van der Waals surface area contributed by atoms with E-state index >= 15 is 0 Å². The monoisotopic (exact) mass is 397 g/mol. The molecule has 0 saturated heterocycles. The van der Waals surface area contributed by atoms with Crippen LogP contribution >= 0.6 is 0 Å². The van der Waals surface area contributed by atoms with Crippen molar-refractivity contribution in [3.8, 4) is 0 Å². The first-order valence-corrected chi connectivity index (χ1v) is 10.6. The zero-order valence-corrected chi connectivity index (χ0v) is 16.4. The maximum atomic E-state index is 13.0. The predicted molar refractivity (Wildman–Crippen MR) is 111 cm³/mol. The third-order valence-electron chi connectivity index (χ3n) is 4.54. The lowest BCUT2D eigenvalue weighted by molar-refractivity contribution is 0.0954. The minimum atomic E-state index is -3.73. The Labute approximate surface area is 165 Å². The maximum Gasteiger partial charge on any atom is 0.271 e. The van der Waals surface area contributed by atoms with Crippen LogP contribution in [0.3, 0.4) is 0 Å². The summed E-state index contributed by atoms with van der Waals surface area (Å²) in [6.07, 6.45) is 5.59. The lowest BCUT2D eigenvalue weighted by Crippen LogP contribution is -2.31. The van der Waals surface area contributed by atoms with Gasteiger partial charge >= 0.3 is 0 Å². The number of carbonyl (C=O) groups excluding carboxylic acids is 1. The molecule has 0 aliphatic heterocycles. The summed E-state index contributed by atoms with van der Waals surface area (Å²) in [4.78, 5) is 12.5. The molecule has 0 bridgehead atoms. The SMILES string of the molecule is C=CCN(c1ccc(C(=O)NN=C2CCCC2)cc1)S(=O)(=O)c1ccccc1. The zero-order valence-electron chi connectivity index (χ0n) is 15.5. The van der Waals surface area contributed by atoms with E-state index in [2.05, 4.69) is 17.1 Å². The molecule has 0 spiro atoms. The van der Waals surface area contributed by atoms with Crippen molar-refractivity contribution in [1.29, 1.82) is 0 Å². The first-order valence-electron chi connectivity index (χ1n) is 9.17. The van der Waals surface area contributed by atoms with Gasteiger partial charge in [-0.15, -0.1) is 6.58 Å². The second kappa shape index (κ2) is 8.84. The van der Waals surface area contributed by atoms with Gasteiger partial charge in [-0.3, -0.25) is 9.10 Å². The van der Waals surface area contributed by atoms with E-state index < -0.39 is 10.0 Å². The number of benzene rings is 2. The first-order chi connectivity index (χ1) is 13.5. The molecule has 7 heteroatoms. The van der Waals surface area contributed by atoms with Crippen LogP contribution in [-0.2, 0) is 10.0 Å². The topological polar surface area (TPSA) is 78.8 Å². The molecule has 0 atom stereocenters. The molecule has 2 aromatic carbocycles. The lowest BCUT2D eigenvalue weighted by atomic mass is 10.2. The minimum absolute atomic E-state index is 0.121. The summed E-state index contributed by atoms with van der Waals surface area (Å²) in [5.41, 5.74) is 4.46. The van der Waals surface area contributed by atoms with Crippen molar-refractivity contribution in [3.05, 3.63) is 72.8 Å². The van der Waals surface area contributed by atoms with E-state index in [4.69, 9.17) is 0 Å². The highest BCUT2D eigenvalue weighted by atomic mass is 32.2. The average Bonchev–Trinajstić information content (AvgIpc) is 3.24. The molecular weight excluding hydrogens is 374 g/mol. The second-order valence-electron chi connectivity index (χ2n) is 6.51. The van der Waals surface area contributed by atoms with Crippen molar-refractivity contribution < 1.29 is 13.2 Å². The number of rotatable bonds is 7. The van der Waals surface area contributed by atoms with Crippen molar-refractivity contribution in [2.75, 3.05) is 10.8 Å². The highest BCUT2D eigenvalue weighted by Crippen LogP contribution is 2.24. The van der Waals surface area contributed by atoms with Crippen LogP contribution in [0, 0.1) is 0 Å². The summed E-state index contributed by atoms with van der Waals surface area (Å²) in [5, 5.41) is 4.16. The van der Waals surface area contributed by atoms with Crippen molar-refractivity contribution in [2.24, 2.45) is 5.10 Å². The van der Waals surface area contributed by atoms with Crippen LogP contribution in [0.1, 0.15) is 36.0 Å². The molecule has 0 heterocycles. The molecule has 1 saturated carbocycles. The van der Waals surface area contributed by atoms with E-state index in [-0.39, 0.29) is 17.3 Å². The van der Waals surface area contributed by atoms with Gasteiger partial charge in [-0.05, 0) is 62.1 Å². The molecule has 0 radical (unpaired) electrons. The summed E-state index contributed by atoms with van der Waals surface area (Å²) >= 11 is 0. The normalized spacial score (nSPS) is 13.8. The summed E-state index contributed by atoms with van der Waals surface area (Å²) in [5.74, 6) is -0.313. The van der Waals surface area contributed by atoms with Gasteiger partial charge in [0.15, 0.2) is 0 Å². The van der Waals surface area contributed by atoms with Gasteiger partial charge in [0.05, 0.1) is 17.1 Å². The fraction of sp³-hybridized carbons (Fsp3) is 0.238. The fourth-order valence-electron chi connectivity index (χ4n) is 3.05. The molecular formula is C21H23N3O3S. The van der Waals surface area contributed by atoms with Crippen LogP contribution in [0.2, 0.25) is 0 Å². The highest BCUT2D eigenvalue weighted by molar-refractivity contribution is 7.92. The van der Waals surface area contributed by atoms with E-state index in [1.54, 1.807) is 54.6 Å². The van der Waals surface area contributed by atoms with Gasteiger partial charge in [-0.1, -0.05) is 24.3 Å². The molecule has 1 aliphatic rings. The zero-order chi connectivity index (χ0) is 20.0. The molecule has 3 rings (SSSR count). The molecule has 2 aromatic rings. The smallest absolute Gasteiger partial charge is 0.267 e. The molecule has 1 amide bonds. The van der Waals surface area contributed by atoms with E-state index in [0.717, 1.165) is 31.4 Å². The Bertz CT molecular complexity index is 960. The molecule has 6 nitrogen and oxygen atoms in total. The van der Waals surface area contributed by atoms with E-state index in [0.29, 0.717) is 11.3 Å². The van der Waals surface area contributed by atoms with Crippen LogP contribution in [0.25, 0.3) is 0 Å². The molecule has 1 aliphatic carbocycles. The van der Waals surface area contributed by atoms with Crippen molar-refractivity contribution in [3.63, 3.8) is 0 Å². The number of sulfonamides is 1. The van der Waals surface area contributed by atoms with Gasteiger partial charge in [0.1, 0.15) is 0 Å². The maximum absolute atomic E-state index is 13.0. The summed E-state index contributed by atoms with van der Waals surface area (Å²) in [7, 11) is -3.73. The van der Waals surface area contributed by atoms with Gasteiger partial charge in [0, 0.05) is 11.3 Å². The van der Waals surface area contributed by atoms with Gasteiger partial charge in [0.25, 0.3) is 15.9 Å². The highest BCUT2D eigenvalue weighted by Gasteiger charge is 2.24. The molecule has 1 N–H and O–H groups in total. The number of hydrogen-bond acceptors (Lipinski definition) is 4. The van der Waals surface area contributed by atoms with E-state index in [9.17, 15) is 13.2 Å². The summed E-state index contributed by atoms with van der Waals surface area (Å²) < 4.78 is 27.2. The lowest BCUT2D eigenvalue weighted by Gasteiger charge is -2.23. The molecule has 146 valence electrons. The second-order valence-corrected chi connectivity index (χ2v) is 8.37. The molecule has 28 heavy (non-hydrogen) atoms. The Morgan fingerprint density at radius 1 is 1.07 bits per heavy atom. The van der Waals surface area contributed by atoms with E-state index in [1.807, 2.05) is 0 Å². The number of nitrogens with zero attached hydrogens (tertiary/aromatic N) is 2. The number of hydrogen-bond donors (Lipinski definition) is 1. The average molecular weight is 398 g/mol. The van der Waals surface area contributed by atoms with Gasteiger partial charge in [-0.25, -0.2) is 13.8 Å². The van der Waals surface area contributed by atoms with Gasteiger partial charge in [-0.2, -0.15) is 5.10 Å². The third kappa shape index (κ3) is 4.48. The van der Waals surface area contributed by atoms with Crippen LogP contribution < -0.4 is 9.73 Å². The van der Waals surface area contributed by atoms with Crippen LogP contribution in [0.4, 0.5) is 5.69 Å². The number of anilines is 1. The van der Waals surface area contributed by atoms with Crippen molar-refractivity contribution >= 4 is 27.3 Å². The van der Waals surface area contributed by atoms with Crippen LogP contribution in [-0.4, -0.2) is 26.6 Å². The standard InChI is InChI=1S/C21H23N3O3S/c1-2-16-24(28(26,27)20-10-4-3-5-11-20)19-14-12-17(13-15-19)21(25)23-22-18-8-6-7-9-18/h2-5,10-15H,1,6-9,16H2,(H,23,25). The minimum Gasteiger partial charge on any atom is -0.267 e. The van der Waals surface area contributed by atoms with Crippen molar-refractivity contribution in [1.82, 2.24) is 5.43 Å². The molecule has 0 aromatic heterocycles. The van der Waals surface area contributed by atoms with Crippen LogP contribution in [0.15, 0.2) is 77.2 Å². The summed E-state index contributed by atoms with van der Waals surface area (Å²) in [6.45, 7) is 3.78. The Balaban J connectivity index is 1.80. The van der Waals surface area contributed by atoms with Crippen LogP contribution in [0.5, 0.6) is 0 Å². The molecule has 1 fully saturated rings.